The molecule has 106 valence electrons. The molecule has 18 heavy (non-hydrogen) atoms. The summed E-state index contributed by atoms with van der Waals surface area (Å²) in [5.74, 6) is 0.177. The topological polar surface area (TPSA) is 50.8 Å². The Kier molecular flexibility index (Phi) is 7.23. The van der Waals surface area contributed by atoms with E-state index in [1.165, 1.54) is 0 Å². The molecule has 2 atom stereocenters. The number of hydrogen-bond donors (Lipinski definition) is 1. The maximum Gasteiger partial charge on any atom is 0.240 e. The molecular weight excluding hydrogens is 232 g/mol. The van der Waals surface area contributed by atoms with Crippen molar-refractivity contribution >= 4 is 5.91 Å². The minimum absolute atomic E-state index is 0.0325. The minimum Gasteiger partial charge on any atom is -0.383 e. The van der Waals surface area contributed by atoms with Gasteiger partial charge >= 0.3 is 0 Å². The Morgan fingerprint density at radius 1 is 1.39 bits per heavy atom. The minimum atomic E-state index is -0.0325. The highest BCUT2D eigenvalue weighted by molar-refractivity contribution is 5.82. The monoisotopic (exact) mass is 258 g/mol. The van der Waals surface area contributed by atoms with E-state index >= 15 is 0 Å². The van der Waals surface area contributed by atoms with Gasteiger partial charge in [-0.25, -0.2) is 0 Å². The van der Waals surface area contributed by atoms with Crippen molar-refractivity contribution in [2.24, 2.45) is 0 Å². The van der Waals surface area contributed by atoms with Crippen LogP contribution in [0, 0.1) is 0 Å². The predicted octanol–water partition coefficient (Wildman–Crippen LogP) is 0.638. The van der Waals surface area contributed by atoms with Gasteiger partial charge in [-0.2, -0.15) is 0 Å². The summed E-state index contributed by atoms with van der Waals surface area (Å²) in [5.41, 5.74) is 0. The van der Waals surface area contributed by atoms with E-state index in [1.54, 1.807) is 14.2 Å². The van der Waals surface area contributed by atoms with Crippen LogP contribution in [-0.4, -0.2) is 63.4 Å². The standard InChI is InChI=1S/C13H26N2O3/c1-11(10-18-3)15(8-9-17-2)13(16)12-6-4-5-7-14-12/h11-12,14H,4-10H2,1-3H3. The second-order valence-corrected chi connectivity index (χ2v) is 4.83. The van der Waals surface area contributed by atoms with Crippen LogP contribution in [-0.2, 0) is 14.3 Å². The van der Waals surface area contributed by atoms with E-state index in [-0.39, 0.29) is 18.0 Å². The number of nitrogens with zero attached hydrogens (tertiary/aromatic N) is 1. The van der Waals surface area contributed by atoms with E-state index in [0.29, 0.717) is 19.8 Å². The van der Waals surface area contributed by atoms with Crippen LogP contribution >= 0.6 is 0 Å². The summed E-state index contributed by atoms with van der Waals surface area (Å²) < 4.78 is 10.2. The number of hydrogen-bond acceptors (Lipinski definition) is 4. The number of carbonyl (C=O) groups is 1. The molecule has 1 saturated heterocycles. The first kappa shape index (κ1) is 15.4. The van der Waals surface area contributed by atoms with E-state index in [9.17, 15) is 4.79 Å². The van der Waals surface area contributed by atoms with E-state index in [2.05, 4.69) is 5.32 Å². The first-order valence-corrected chi connectivity index (χ1v) is 6.72. The number of methoxy groups -OCH3 is 2. The Hall–Kier alpha value is -0.650. The zero-order valence-electron chi connectivity index (χ0n) is 11.8. The van der Waals surface area contributed by atoms with Crippen molar-refractivity contribution in [3.8, 4) is 0 Å². The van der Waals surface area contributed by atoms with Crippen LogP contribution in [0.5, 0.6) is 0 Å². The summed E-state index contributed by atoms with van der Waals surface area (Å²) >= 11 is 0. The number of carbonyl (C=O) groups excluding carboxylic acids is 1. The maximum absolute atomic E-state index is 12.5. The molecule has 0 aromatic rings. The fourth-order valence-electron chi connectivity index (χ4n) is 2.33. The van der Waals surface area contributed by atoms with Gasteiger partial charge in [0.25, 0.3) is 0 Å². The molecule has 0 spiro atoms. The van der Waals surface area contributed by atoms with Crippen molar-refractivity contribution in [2.45, 2.75) is 38.3 Å². The molecule has 0 aromatic carbocycles. The summed E-state index contributed by atoms with van der Waals surface area (Å²) in [4.78, 5) is 14.3. The summed E-state index contributed by atoms with van der Waals surface area (Å²) in [5, 5.41) is 3.30. The molecule has 5 heteroatoms. The second kappa shape index (κ2) is 8.45. The van der Waals surface area contributed by atoms with Gasteiger partial charge in [-0.15, -0.1) is 0 Å². The lowest BCUT2D eigenvalue weighted by molar-refractivity contribution is -0.137. The number of rotatable bonds is 7. The second-order valence-electron chi connectivity index (χ2n) is 4.83. The van der Waals surface area contributed by atoms with Crippen molar-refractivity contribution in [3.05, 3.63) is 0 Å². The van der Waals surface area contributed by atoms with Crippen LogP contribution < -0.4 is 5.32 Å². The van der Waals surface area contributed by atoms with Gasteiger partial charge in [0.05, 0.1) is 25.3 Å². The average Bonchev–Trinajstić information content (AvgIpc) is 2.40. The fraction of sp³-hybridized carbons (Fsp3) is 0.923. The lowest BCUT2D eigenvalue weighted by atomic mass is 10.0. The third-order valence-corrected chi connectivity index (χ3v) is 3.37. The molecule has 0 radical (unpaired) electrons. The van der Waals surface area contributed by atoms with Gasteiger partial charge < -0.3 is 19.7 Å². The lowest BCUT2D eigenvalue weighted by Gasteiger charge is -2.33. The van der Waals surface area contributed by atoms with Gasteiger partial charge in [0.1, 0.15) is 0 Å². The SMILES string of the molecule is COCCN(C(=O)C1CCCCN1)C(C)COC. The van der Waals surface area contributed by atoms with Gasteiger partial charge in [-0.3, -0.25) is 4.79 Å². The molecule has 5 nitrogen and oxygen atoms in total. The maximum atomic E-state index is 12.5. The highest BCUT2D eigenvalue weighted by Gasteiger charge is 2.28. The average molecular weight is 258 g/mol. The van der Waals surface area contributed by atoms with Crippen molar-refractivity contribution in [3.63, 3.8) is 0 Å². The van der Waals surface area contributed by atoms with E-state index in [0.717, 1.165) is 25.8 Å². The number of nitrogens with one attached hydrogen (secondary N) is 1. The highest BCUT2D eigenvalue weighted by atomic mass is 16.5. The van der Waals surface area contributed by atoms with Gasteiger partial charge in [0.2, 0.25) is 5.91 Å². The van der Waals surface area contributed by atoms with Crippen molar-refractivity contribution < 1.29 is 14.3 Å². The number of amides is 1. The van der Waals surface area contributed by atoms with Gasteiger partial charge in [-0.05, 0) is 26.3 Å². The molecule has 1 rings (SSSR count). The van der Waals surface area contributed by atoms with Crippen molar-refractivity contribution in [1.29, 1.82) is 0 Å². The zero-order chi connectivity index (χ0) is 13.4. The van der Waals surface area contributed by atoms with Crippen molar-refractivity contribution in [2.75, 3.05) is 40.5 Å². The molecule has 0 saturated carbocycles. The molecule has 1 amide bonds. The van der Waals surface area contributed by atoms with E-state index in [4.69, 9.17) is 9.47 Å². The molecule has 0 aromatic heterocycles. The Labute approximate surface area is 110 Å². The first-order valence-electron chi connectivity index (χ1n) is 6.72. The largest absolute Gasteiger partial charge is 0.383 e. The zero-order valence-corrected chi connectivity index (χ0v) is 11.8. The quantitative estimate of drug-likeness (QED) is 0.728. The van der Waals surface area contributed by atoms with Crippen molar-refractivity contribution in [1.82, 2.24) is 10.2 Å². The highest BCUT2D eigenvalue weighted by Crippen LogP contribution is 2.12. The van der Waals surface area contributed by atoms with Crippen LogP contribution in [0.2, 0.25) is 0 Å². The van der Waals surface area contributed by atoms with Crippen LogP contribution in [0.15, 0.2) is 0 Å². The Balaban J connectivity index is 2.58. The molecule has 1 heterocycles. The normalized spacial score (nSPS) is 21.6. The van der Waals surface area contributed by atoms with Gasteiger partial charge in [0, 0.05) is 20.8 Å². The van der Waals surface area contributed by atoms with Gasteiger partial charge in [-0.1, -0.05) is 6.42 Å². The van der Waals surface area contributed by atoms with Gasteiger partial charge in [0.15, 0.2) is 0 Å². The third kappa shape index (κ3) is 4.55. The molecule has 1 aliphatic heterocycles. The molecular formula is C13H26N2O3. The van der Waals surface area contributed by atoms with Crippen LogP contribution in [0.3, 0.4) is 0 Å². The first-order chi connectivity index (χ1) is 8.70. The molecule has 1 aliphatic rings. The summed E-state index contributed by atoms with van der Waals surface area (Å²) in [6.07, 6.45) is 3.22. The Morgan fingerprint density at radius 3 is 2.72 bits per heavy atom. The molecule has 0 bridgehead atoms. The predicted molar refractivity (Wildman–Crippen MR) is 70.6 cm³/mol. The lowest BCUT2D eigenvalue weighted by Crippen LogP contribution is -2.53. The summed E-state index contributed by atoms with van der Waals surface area (Å²) in [6, 6.07) is 0.0521. The summed E-state index contributed by atoms with van der Waals surface area (Å²) in [7, 11) is 3.32. The number of piperidine rings is 1. The number of ether oxygens (including phenoxy) is 2. The Morgan fingerprint density at radius 2 is 2.17 bits per heavy atom. The Bertz CT molecular complexity index is 242. The van der Waals surface area contributed by atoms with Crippen LogP contribution in [0.25, 0.3) is 0 Å². The van der Waals surface area contributed by atoms with Crippen LogP contribution in [0.4, 0.5) is 0 Å². The van der Waals surface area contributed by atoms with E-state index in [1.807, 2.05) is 11.8 Å². The fourth-order valence-corrected chi connectivity index (χ4v) is 2.33. The third-order valence-electron chi connectivity index (χ3n) is 3.37. The summed E-state index contributed by atoms with van der Waals surface area (Å²) in [6.45, 7) is 4.69. The van der Waals surface area contributed by atoms with Crippen LogP contribution in [0.1, 0.15) is 26.2 Å². The molecule has 0 aliphatic carbocycles. The smallest absolute Gasteiger partial charge is 0.240 e. The molecule has 2 unspecified atom stereocenters. The van der Waals surface area contributed by atoms with E-state index < -0.39 is 0 Å². The molecule has 1 fully saturated rings. The molecule has 1 N–H and O–H groups in total.